The highest BCUT2D eigenvalue weighted by Crippen LogP contribution is 2.49. The van der Waals surface area contributed by atoms with E-state index < -0.39 is 0 Å². The van der Waals surface area contributed by atoms with Gasteiger partial charge in [0.1, 0.15) is 0 Å². The molecule has 0 bridgehead atoms. The maximum absolute atomic E-state index is 13.7. The number of hydrogen-bond donors (Lipinski definition) is 0. The molecule has 0 atom stereocenters. The molecule has 2 aromatic carbocycles. The molecule has 176 valence electrons. The van der Waals surface area contributed by atoms with Crippen molar-refractivity contribution in [2.24, 2.45) is 5.92 Å². The van der Waals surface area contributed by atoms with E-state index in [0.29, 0.717) is 12.5 Å². The molecule has 2 aliphatic carbocycles. The third-order valence-electron chi connectivity index (χ3n) is 8.66. The van der Waals surface area contributed by atoms with Gasteiger partial charge in [0.25, 0.3) is 0 Å². The minimum Gasteiger partial charge on any atom is -0.318 e. The molecule has 5 heteroatoms. The lowest BCUT2D eigenvalue weighted by Crippen LogP contribution is -2.56. The average Bonchev–Trinajstić information content (AvgIpc) is 3.02. The van der Waals surface area contributed by atoms with Crippen LogP contribution in [0.5, 0.6) is 0 Å². The van der Waals surface area contributed by atoms with E-state index in [1.807, 2.05) is 6.07 Å². The zero-order chi connectivity index (χ0) is 23.1. The number of urea groups is 1. The first kappa shape index (κ1) is 22.9. The van der Waals surface area contributed by atoms with Gasteiger partial charge in [-0.15, -0.1) is 0 Å². The molecule has 33 heavy (non-hydrogen) atoms. The van der Waals surface area contributed by atoms with Crippen molar-refractivity contribution < 1.29 is 4.79 Å². The van der Waals surface area contributed by atoms with Gasteiger partial charge in [0.05, 0.1) is 5.54 Å². The normalized spacial score (nSPS) is 28.1. The first-order valence-electron chi connectivity index (χ1n) is 12.5. The van der Waals surface area contributed by atoms with E-state index in [-0.39, 0.29) is 17.1 Å². The van der Waals surface area contributed by atoms with Crippen LogP contribution >= 0.6 is 15.9 Å². The average molecular weight is 511 g/mol. The summed E-state index contributed by atoms with van der Waals surface area (Å²) in [6.07, 6.45) is 8.17. The van der Waals surface area contributed by atoms with Gasteiger partial charge in [-0.25, -0.2) is 4.79 Å². The number of carbonyl (C=O) groups excluding carboxylic acids is 1. The van der Waals surface area contributed by atoms with E-state index in [0.717, 1.165) is 43.2 Å². The maximum atomic E-state index is 13.7. The highest BCUT2D eigenvalue weighted by atomic mass is 79.9. The van der Waals surface area contributed by atoms with E-state index in [2.05, 4.69) is 93.3 Å². The van der Waals surface area contributed by atoms with Crippen LogP contribution in [0.4, 0.5) is 4.79 Å². The Bertz CT molecular complexity index is 980. The number of carbonyl (C=O) groups is 1. The van der Waals surface area contributed by atoms with Crippen LogP contribution in [0.3, 0.4) is 0 Å². The molecule has 2 amide bonds. The highest BCUT2D eigenvalue weighted by Gasteiger charge is 2.54. The Balaban J connectivity index is 1.40. The van der Waals surface area contributed by atoms with Gasteiger partial charge in [-0.2, -0.15) is 0 Å². The van der Waals surface area contributed by atoms with Crippen LogP contribution in [0.15, 0.2) is 59.1 Å². The van der Waals surface area contributed by atoms with Gasteiger partial charge < -0.3 is 9.80 Å². The molecule has 0 unspecified atom stereocenters. The van der Waals surface area contributed by atoms with Crippen molar-refractivity contribution in [3.05, 3.63) is 70.2 Å². The Morgan fingerprint density at radius 3 is 2.33 bits per heavy atom. The SMILES string of the molecule is CN(C)C1(c2ccccc2)CCC2(CC1)CN(Cc1cccc(Br)c1)C(=O)N2CC1CCC1. The fraction of sp³-hybridized carbons (Fsp3) is 0.536. The number of rotatable bonds is 6. The second kappa shape index (κ2) is 9.07. The lowest BCUT2D eigenvalue weighted by Gasteiger charge is -2.51. The van der Waals surface area contributed by atoms with Crippen LogP contribution in [0, 0.1) is 5.92 Å². The molecule has 2 saturated carbocycles. The molecule has 0 radical (unpaired) electrons. The van der Waals surface area contributed by atoms with E-state index in [9.17, 15) is 4.79 Å². The first-order chi connectivity index (χ1) is 15.9. The van der Waals surface area contributed by atoms with Crippen molar-refractivity contribution >= 4 is 22.0 Å². The van der Waals surface area contributed by atoms with E-state index in [1.165, 1.54) is 30.4 Å². The second-order valence-electron chi connectivity index (χ2n) is 10.7. The predicted molar refractivity (Wildman–Crippen MR) is 137 cm³/mol. The smallest absolute Gasteiger partial charge is 0.318 e. The van der Waals surface area contributed by atoms with Crippen molar-refractivity contribution in [2.45, 2.75) is 62.6 Å². The summed E-state index contributed by atoms with van der Waals surface area (Å²) < 4.78 is 1.07. The molecule has 3 fully saturated rings. The first-order valence-corrected chi connectivity index (χ1v) is 13.3. The number of nitrogens with zero attached hydrogens (tertiary/aromatic N) is 3. The monoisotopic (exact) mass is 509 g/mol. The maximum Gasteiger partial charge on any atom is 0.320 e. The summed E-state index contributed by atoms with van der Waals surface area (Å²) in [6.45, 7) is 2.48. The van der Waals surface area contributed by atoms with Gasteiger partial charge in [-0.1, -0.05) is 64.8 Å². The molecule has 5 rings (SSSR count). The number of halogens is 1. The van der Waals surface area contributed by atoms with Crippen molar-refractivity contribution in [1.29, 1.82) is 0 Å². The van der Waals surface area contributed by atoms with Gasteiger partial charge in [0, 0.05) is 29.6 Å². The Morgan fingerprint density at radius 1 is 1.00 bits per heavy atom. The quantitative estimate of drug-likeness (QED) is 0.459. The summed E-state index contributed by atoms with van der Waals surface area (Å²) in [5.41, 5.74) is 2.62. The molecule has 1 heterocycles. The van der Waals surface area contributed by atoms with Gasteiger partial charge in [-0.3, -0.25) is 4.90 Å². The van der Waals surface area contributed by atoms with Gasteiger partial charge in [-0.05, 0) is 81.8 Å². The topological polar surface area (TPSA) is 26.8 Å². The highest BCUT2D eigenvalue weighted by molar-refractivity contribution is 9.10. The lowest BCUT2D eigenvalue weighted by molar-refractivity contribution is 0.0159. The van der Waals surface area contributed by atoms with Crippen LogP contribution in [0.2, 0.25) is 0 Å². The minimum absolute atomic E-state index is 0.0347. The molecule has 0 N–H and O–H groups in total. The summed E-state index contributed by atoms with van der Waals surface area (Å²) >= 11 is 3.59. The lowest BCUT2D eigenvalue weighted by atomic mass is 9.68. The van der Waals surface area contributed by atoms with Crippen LogP contribution in [-0.2, 0) is 12.1 Å². The van der Waals surface area contributed by atoms with Crippen LogP contribution < -0.4 is 0 Å². The van der Waals surface area contributed by atoms with Crippen molar-refractivity contribution in [3.63, 3.8) is 0 Å². The molecule has 1 spiro atoms. The van der Waals surface area contributed by atoms with Crippen molar-refractivity contribution in [3.8, 4) is 0 Å². The minimum atomic E-state index is -0.0347. The van der Waals surface area contributed by atoms with Crippen LogP contribution in [0.25, 0.3) is 0 Å². The third kappa shape index (κ3) is 4.23. The molecule has 2 aromatic rings. The Labute approximate surface area is 207 Å². The Kier molecular flexibility index (Phi) is 6.30. The van der Waals surface area contributed by atoms with Gasteiger partial charge in [0.2, 0.25) is 0 Å². The summed E-state index contributed by atoms with van der Waals surface area (Å²) in [7, 11) is 4.44. The molecule has 0 aromatic heterocycles. The summed E-state index contributed by atoms with van der Waals surface area (Å²) in [5.74, 6) is 0.686. The summed E-state index contributed by atoms with van der Waals surface area (Å²) in [4.78, 5) is 20.6. The molecule has 4 nitrogen and oxygen atoms in total. The zero-order valence-corrected chi connectivity index (χ0v) is 21.6. The summed E-state index contributed by atoms with van der Waals surface area (Å²) in [6, 6.07) is 19.6. The van der Waals surface area contributed by atoms with E-state index >= 15 is 0 Å². The fourth-order valence-electron chi connectivity index (χ4n) is 6.37. The largest absolute Gasteiger partial charge is 0.320 e. The predicted octanol–water partition coefficient (Wildman–Crippen LogP) is 6.26. The third-order valence-corrected chi connectivity index (χ3v) is 9.16. The van der Waals surface area contributed by atoms with E-state index in [4.69, 9.17) is 0 Å². The second-order valence-corrected chi connectivity index (χ2v) is 11.6. The Hall–Kier alpha value is -1.85. The molecular weight excluding hydrogens is 474 g/mol. The zero-order valence-electron chi connectivity index (χ0n) is 20.0. The number of hydrogen-bond acceptors (Lipinski definition) is 2. The van der Waals surface area contributed by atoms with Gasteiger partial charge >= 0.3 is 6.03 Å². The van der Waals surface area contributed by atoms with Crippen molar-refractivity contribution in [1.82, 2.24) is 14.7 Å². The number of amides is 2. The molecule has 1 saturated heterocycles. The standard InChI is InChI=1S/C28H36BrN3O/c1-30(2)28(24-11-4-3-5-12-24)16-14-27(15-17-28)21-31(19-23-10-7-13-25(29)18-23)26(33)32(27)20-22-8-6-9-22/h3-5,7,10-13,18,22H,6,8-9,14-17,19-21H2,1-2H3. The fourth-order valence-corrected chi connectivity index (χ4v) is 6.81. The number of benzene rings is 2. The van der Waals surface area contributed by atoms with Gasteiger partial charge in [0.15, 0.2) is 0 Å². The molecule has 1 aliphatic heterocycles. The van der Waals surface area contributed by atoms with Crippen LogP contribution in [0.1, 0.15) is 56.1 Å². The summed E-state index contributed by atoms with van der Waals surface area (Å²) in [5, 5.41) is 0. The molecule has 3 aliphatic rings. The van der Waals surface area contributed by atoms with Crippen LogP contribution in [-0.4, -0.2) is 53.5 Å². The molecular formula is C28H36BrN3O. The van der Waals surface area contributed by atoms with E-state index in [1.54, 1.807) is 0 Å². The Morgan fingerprint density at radius 2 is 1.73 bits per heavy atom. The van der Waals surface area contributed by atoms with Crippen molar-refractivity contribution in [2.75, 3.05) is 27.2 Å².